The van der Waals surface area contributed by atoms with Crippen LogP contribution in [0, 0.1) is 0 Å². The molecule has 0 saturated carbocycles. The van der Waals surface area contributed by atoms with Crippen molar-refractivity contribution >= 4 is 23.9 Å². The number of carboxylic acid groups (broad SMARTS) is 1. The Labute approximate surface area is 162 Å². The van der Waals surface area contributed by atoms with Gasteiger partial charge in [-0.15, -0.1) is 0 Å². The molecule has 0 spiro atoms. The van der Waals surface area contributed by atoms with Gasteiger partial charge in [0.1, 0.15) is 43.0 Å². The van der Waals surface area contributed by atoms with Crippen molar-refractivity contribution in [2.24, 2.45) is 17.2 Å². The second-order valence-electron chi connectivity index (χ2n) is 6.56. The molecule has 1 saturated heterocycles. The number of carbonyl (C=O) groups is 4. The first-order valence-electron chi connectivity index (χ1n) is 8.85. The number of carboxylic acids is 1. The molecule has 12 heteroatoms. The Morgan fingerprint density at radius 1 is 1.04 bits per heavy atom. The number of carbonyl (C=O) groups excluding carboxylic acids is 3. The number of nitrogens with one attached hydrogen (secondary N) is 1. The van der Waals surface area contributed by atoms with Gasteiger partial charge in [0.15, 0.2) is 0 Å². The molecule has 0 radical (unpaired) electrons. The minimum absolute atomic E-state index is 0.382. The zero-order valence-corrected chi connectivity index (χ0v) is 15.8. The highest BCUT2D eigenvalue weighted by molar-refractivity contribution is 5.81. The highest BCUT2D eigenvalue weighted by Crippen LogP contribution is 2.08. The quantitative estimate of drug-likeness (QED) is 0.185. The van der Waals surface area contributed by atoms with E-state index in [1.54, 1.807) is 0 Å². The number of hydrogen-bond donors (Lipinski definition) is 5. The number of nitrogens with two attached hydrogens (primary N) is 3. The van der Waals surface area contributed by atoms with Crippen LogP contribution in [0.3, 0.4) is 0 Å². The fourth-order valence-corrected chi connectivity index (χ4v) is 2.30. The van der Waals surface area contributed by atoms with Gasteiger partial charge in [0.2, 0.25) is 0 Å². The fourth-order valence-electron chi connectivity index (χ4n) is 2.30. The van der Waals surface area contributed by atoms with Crippen LogP contribution >= 0.6 is 0 Å². The molecule has 8 N–H and O–H groups in total. The smallest absolute Gasteiger partial charge is 0.327 e. The van der Waals surface area contributed by atoms with E-state index in [0.717, 1.165) is 13.0 Å². The molecular weight excluding hydrogens is 376 g/mol. The third kappa shape index (κ3) is 7.03. The van der Waals surface area contributed by atoms with E-state index in [4.69, 9.17) is 36.5 Å². The van der Waals surface area contributed by atoms with Crippen LogP contribution in [0.15, 0.2) is 0 Å². The number of ether oxygens (including phenoxy) is 3. The van der Waals surface area contributed by atoms with Gasteiger partial charge in [-0.2, -0.15) is 0 Å². The first-order valence-corrected chi connectivity index (χ1v) is 8.85. The van der Waals surface area contributed by atoms with E-state index in [0.29, 0.717) is 6.42 Å². The van der Waals surface area contributed by atoms with Gasteiger partial charge in [-0.25, -0.2) is 0 Å². The molecule has 0 aromatic heterocycles. The zero-order valence-electron chi connectivity index (χ0n) is 15.8. The van der Waals surface area contributed by atoms with Crippen molar-refractivity contribution < 1.29 is 38.5 Å². The molecule has 0 aliphatic carbocycles. The molecule has 1 heterocycles. The maximum absolute atomic E-state index is 12.0. The van der Waals surface area contributed by atoms with Gasteiger partial charge in [0.25, 0.3) is 0 Å². The van der Waals surface area contributed by atoms with Gasteiger partial charge in [0.05, 0.1) is 0 Å². The molecule has 6 atom stereocenters. The Balaban J connectivity index is 2.43. The lowest BCUT2D eigenvalue weighted by Gasteiger charge is -2.23. The second kappa shape index (κ2) is 10.9. The van der Waals surface area contributed by atoms with Crippen LogP contribution in [-0.4, -0.2) is 78.5 Å². The van der Waals surface area contributed by atoms with Crippen LogP contribution in [0.2, 0.25) is 0 Å². The monoisotopic (exact) mass is 404 g/mol. The molecule has 28 heavy (non-hydrogen) atoms. The van der Waals surface area contributed by atoms with Gasteiger partial charge >= 0.3 is 23.9 Å². The van der Waals surface area contributed by atoms with Crippen molar-refractivity contribution in [1.82, 2.24) is 5.32 Å². The average molecular weight is 404 g/mol. The summed E-state index contributed by atoms with van der Waals surface area (Å²) in [5, 5.41) is 11.7. The van der Waals surface area contributed by atoms with Crippen molar-refractivity contribution in [1.29, 1.82) is 0 Å². The SMILES string of the molecule is C[C@@H](OC(=O)[C@@H](N)[C@@H](C)OC(=O)[C@@H](N)COC(=O)[C@@H]1CCCN1)[C@H](N)C(=O)O. The van der Waals surface area contributed by atoms with Gasteiger partial charge in [-0.3, -0.25) is 19.2 Å². The Morgan fingerprint density at radius 3 is 2.14 bits per heavy atom. The minimum atomic E-state index is -1.42. The van der Waals surface area contributed by atoms with Crippen molar-refractivity contribution in [3.63, 3.8) is 0 Å². The van der Waals surface area contributed by atoms with Crippen LogP contribution < -0.4 is 22.5 Å². The fraction of sp³-hybridized carbons (Fsp3) is 0.750. The van der Waals surface area contributed by atoms with Crippen molar-refractivity contribution in [2.75, 3.05) is 13.2 Å². The van der Waals surface area contributed by atoms with Crippen molar-refractivity contribution in [2.45, 2.75) is 63.1 Å². The second-order valence-corrected chi connectivity index (χ2v) is 6.56. The van der Waals surface area contributed by atoms with E-state index in [9.17, 15) is 19.2 Å². The highest BCUT2D eigenvalue weighted by Gasteiger charge is 2.32. The largest absolute Gasteiger partial charge is 0.480 e. The molecule has 0 unspecified atom stereocenters. The maximum atomic E-state index is 12.0. The molecule has 1 rings (SSSR count). The standard InChI is InChI=1S/C16H28N4O8/c1-7(11(18)13(21)22)28-16(25)12(19)8(2)27-14(23)9(17)6-26-15(24)10-4-3-5-20-10/h7-12,20H,3-6,17-19H2,1-2H3,(H,21,22)/t7-,8-,9+,10+,11+,12+/m1/s1. The van der Waals surface area contributed by atoms with E-state index >= 15 is 0 Å². The van der Waals surface area contributed by atoms with E-state index in [1.807, 2.05) is 0 Å². The lowest BCUT2D eigenvalue weighted by molar-refractivity contribution is -0.162. The Hall–Kier alpha value is -2.28. The summed E-state index contributed by atoms with van der Waals surface area (Å²) in [5.41, 5.74) is 16.6. The molecule has 160 valence electrons. The summed E-state index contributed by atoms with van der Waals surface area (Å²) in [7, 11) is 0. The number of rotatable bonds is 10. The van der Waals surface area contributed by atoms with Gasteiger partial charge in [-0.1, -0.05) is 0 Å². The Morgan fingerprint density at radius 2 is 1.61 bits per heavy atom. The molecule has 0 aromatic rings. The predicted molar refractivity (Wildman–Crippen MR) is 94.7 cm³/mol. The summed E-state index contributed by atoms with van der Waals surface area (Å²) in [6, 6.07) is -4.48. The first-order chi connectivity index (χ1) is 13.0. The van der Waals surface area contributed by atoms with Crippen LogP contribution in [0.1, 0.15) is 26.7 Å². The summed E-state index contributed by atoms with van der Waals surface area (Å²) in [6.07, 6.45) is -0.748. The van der Waals surface area contributed by atoms with E-state index in [2.05, 4.69) is 5.32 Å². The molecule has 1 fully saturated rings. The van der Waals surface area contributed by atoms with Crippen LogP contribution in [0.4, 0.5) is 0 Å². The zero-order chi connectivity index (χ0) is 21.4. The van der Waals surface area contributed by atoms with Crippen molar-refractivity contribution in [3.8, 4) is 0 Å². The molecule has 0 aromatic carbocycles. The molecule has 0 bridgehead atoms. The molecule has 12 nitrogen and oxygen atoms in total. The Kier molecular flexibility index (Phi) is 9.25. The third-order valence-corrected chi connectivity index (χ3v) is 4.23. The number of aliphatic carboxylic acids is 1. The molecular formula is C16H28N4O8. The van der Waals surface area contributed by atoms with E-state index in [1.165, 1.54) is 13.8 Å². The van der Waals surface area contributed by atoms with Crippen LogP contribution in [0.5, 0.6) is 0 Å². The average Bonchev–Trinajstić information content (AvgIpc) is 3.18. The molecule has 0 amide bonds. The Bertz CT molecular complexity index is 581. The summed E-state index contributed by atoms with van der Waals surface area (Å²) >= 11 is 0. The first kappa shape index (κ1) is 23.8. The maximum Gasteiger partial charge on any atom is 0.327 e. The predicted octanol–water partition coefficient (Wildman–Crippen LogP) is -2.79. The summed E-state index contributed by atoms with van der Waals surface area (Å²) in [5.74, 6) is -3.76. The lowest BCUT2D eigenvalue weighted by Crippen LogP contribution is -2.50. The number of hydrogen-bond acceptors (Lipinski definition) is 11. The summed E-state index contributed by atoms with van der Waals surface area (Å²) < 4.78 is 14.8. The van der Waals surface area contributed by atoms with E-state index < -0.39 is 60.3 Å². The normalized spacial score (nSPS) is 21.7. The van der Waals surface area contributed by atoms with Gasteiger partial charge in [-0.05, 0) is 33.2 Å². The summed E-state index contributed by atoms with van der Waals surface area (Å²) in [6.45, 7) is 2.97. The minimum Gasteiger partial charge on any atom is -0.480 e. The molecule has 1 aliphatic rings. The topological polar surface area (TPSA) is 206 Å². The molecule has 1 aliphatic heterocycles. The van der Waals surface area contributed by atoms with Crippen LogP contribution in [0.25, 0.3) is 0 Å². The van der Waals surface area contributed by atoms with E-state index in [-0.39, 0.29) is 6.61 Å². The third-order valence-electron chi connectivity index (χ3n) is 4.23. The van der Waals surface area contributed by atoms with Crippen LogP contribution in [-0.2, 0) is 33.4 Å². The van der Waals surface area contributed by atoms with Crippen molar-refractivity contribution in [3.05, 3.63) is 0 Å². The number of esters is 3. The van der Waals surface area contributed by atoms with Gasteiger partial charge < -0.3 is 41.8 Å². The highest BCUT2D eigenvalue weighted by atomic mass is 16.6. The van der Waals surface area contributed by atoms with Gasteiger partial charge in [0, 0.05) is 0 Å². The lowest BCUT2D eigenvalue weighted by atomic mass is 10.1. The summed E-state index contributed by atoms with van der Waals surface area (Å²) in [4.78, 5) is 46.5.